The van der Waals surface area contributed by atoms with Gasteiger partial charge in [0.2, 0.25) is 0 Å². The Morgan fingerprint density at radius 1 is 1.24 bits per heavy atom. The molecule has 6 heteroatoms. The Kier molecular flexibility index (Phi) is 5.62. The molecule has 0 aliphatic rings. The molecule has 25 heavy (non-hydrogen) atoms. The molecule has 1 aromatic carbocycles. The monoisotopic (exact) mass is 343 g/mol. The number of aromatic nitrogens is 2. The molecule has 1 atom stereocenters. The number of carbonyl (C=O) groups excluding carboxylic acids is 1. The first-order valence-corrected chi connectivity index (χ1v) is 8.43. The fourth-order valence-electron chi connectivity index (χ4n) is 2.59. The zero-order chi connectivity index (χ0) is 18.6. The molecule has 1 amide bonds. The van der Waals surface area contributed by atoms with Crippen molar-refractivity contribution in [1.82, 2.24) is 15.1 Å². The molecule has 0 bridgehead atoms. The molecular weight excluding hydrogens is 318 g/mol. The lowest BCUT2D eigenvalue weighted by Gasteiger charge is -2.18. The van der Waals surface area contributed by atoms with Crippen LogP contribution in [0.3, 0.4) is 0 Å². The number of hydrogen-bond acceptors (Lipinski definition) is 3. The van der Waals surface area contributed by atoms with Gasteiger partial charge in [0.15, 0.2) is 0 Å². The van der Waals surface area contributed by atoms with Crippen LogP contribution >= 0.6 is 0 Å². The van der Waals surface area contributed by atoms with E-state index in [-0.39, 0.29) is 5.41 Å². The summed E-state index contributed by atoms with van der Waals surface area (Å²) in [6.07, 6.45) is 2.72. The SMILES string of the molecule is CCCC(NC(=O)c1cn(-c2ccccc2)nc1C(C)(C)C)C(=O)O. The molecular formula is C19H25N3O3. The molecule has 0 saturated heterocycles. The summed E-state index contributed by atoms with van der Waals surface area (Å²) in [6.45, 7) is 7.81. The second kappa shape index (κ2) is 7.51. The summed E-state index contributed by atoms with van der Waals surface area (Å²) in [7, 11) is 0. The van der Waals surface area contributed by atoms with E-state index >= 15 is 0 Å². The standard InChI is InChI=1S/C19H25N3O3/c1-5-9-15(18(24)25)20-17(23)14-12-22(13-10-7-6-8-11-13)21-16(14)19(2,3)4/h6-8,10-12,15H,5,9H2,1-4H3,(H,20,23)(H,24,25). The van der Waals surface area contributed by atoms with Gasteiger partial charge in [-0.3, -0.25) is 4.79 Å². The topological polar surface area (TPSA) is 84.2 Å². The molecule has 0 aliphatic carbocycles. The van der Waals surface area contributed by atoms with Crippen LogP contribution in [0.15, 0.2) is 36.5 Å². The van der Waals surface area contributed by atoms with E-state index in [1.54, 1.807) is 10.9 Å². The van der Waals surface area contributed by atoms with Crippen LogP contribution in [0, 0.1) is 0 Å². The minimum atomic E-state index is -1.03. The number of para-hydroxylation sites is 1. The lowest BCUT2D eigenvalue weighted by Crippen LogP contribution is -2.41. The Morgan fingerprint density at radius 2 is 1.88 bits per heavy atom. The second-order valence-corrected chi connectivity index (χ2v) is 7.07. The van der Waals surface area contributed by atoms with Gasteiger partial charge in [0, 0.05) is 11.6 Å². The van der Waals surface area contributed by atoms with Crippen molar-refractivity contribution in [2.75, 3.05) is 0 Å². The maximum absolute atomic E-state index is 12.7. The molecule has 0 saturated carbocycles. The number of nitrogens with one attached hydrogen (secondary N) is 1. The minimum absolute atomic E-state index is 0.351. The van der Waals surface area contributed by atoms with Crippen molar-refractivity contribution in [3.63, 3.8) is 0 Å². The van der Waals surface area contributed by atoms with Gasteiger partial charge >= 0.3 is 5.97 Å². The predicted octanol–water partition coefficient (Wildman–Crippen LogP) is 3.15. The lowest BCUT2D eigenvalue weighted by atomic mass is 9.89. The Balaban J connectivity index is 2.40. The Morgan fingerprint density at radius 3 is 2.40 bits per heavy atom. The van der Waals surface area contributed by atoms with Gasteiger partial charge in [-0.05, 0) is 18.6 Å². The summed E-state index contributed by atoms with van der Waals surface area (Å²) in [5.74, 6) is -1.43. The van der Waals surface area contributed by atoms with E-state index in [2.05, 4.69) is 10.4 Å². The van der Waals surface area contributed by atoms with E-state index in [1.807, 2.05) is 58.0 Å². The number of aliphatic carboxylic acids is 1. The molecule has 2 aromatic rings. The number of amides is 1. The van der Waals surface area contributed by atoms with Crippen molar-refractivity contribution < 1.29 is 14.7 Å². The molecule has 1 unspecified atom stereocenters. The van der Waals surface area contributed by atoms with Crippen molar-refractivity contribution in [1.29, 1.82) is 0 Å². The van der Waals surface area contributed by atoms with Crippen molar-refractivity contribution >= 4 is 11.9 Å². The van der Waals surface area contributed by atoms with Crippen LogP contribution in [-0.2, 0) is 10.2 Å². The van der Waals surface area contributed by atoms with Gasteiger partial charge in [0.05, 0.1) is 16.9 Å². The highest BCUT2D eigenvalue weighted by molar-refractivity contribution is 5.97. The van der Waals surface area contributed by atoms with Crippen LogP contribution in [-0.4, -0.2) is 32.8 Å². The van der Waals surface area contributed by atoms with E-state index in [1.165, 1.54) is 0 Å². The highest BCUT2D eigenvalue weighted by Gasteiger charge is 2.28. The number of rotatable bonds is 6. The summed E-state index contributed by atoms with van der Waals surface area (Å²) in [5.41, 5.74) is 1.53. The summed E-state index contributed by atoms with van der Waals surface area (Å²) < 4.78 is 1.66. The average molecular weight is 343 g/mol. The highest BCUT2D eigenvalue weighted by atomic mass is 16.4. The first kappa shape index (κ1) is 18.7. The Labute approximate surface area is 147 Å². The van der Waals surface area contributed by atoms with Gasteiger partial charge in [-0.1, -0.05) is 52.3 Å². The van der Waals surface area contributed by atoms with Crippen molar-refractivity contribution in [2.45, 2.75) is 52.0 Å². The van der Waals surface area contributed by atoms with Crippen molar-refractivity contribution in [3.05, 3.63) is 47.8 Å². The van der Waals surface area contributed by atoms with Gasteiger partial charge < -0.3 is 10.4 Å². The van der Waals surface area contributed by atoms with E-state index in [0.29, 0.717) is 24.1 Å². The number of hydrogen-bond donors (Lipinski definition) is 2. The molecule has 6 nitrogen and oxygen atoms in total. The predicted molar refractivity (Wildman–Crippen MR) is 96.1 cm³/mol. The largest absolute Gasteiger partial charge is 0.480 e. The van der Waals surface area contributed by atoms with Crippen LogP contribution in [0.25, 0.3) is 5.69 Å². The third-order valence-corrected chi connectivity index (χ3v) is 3.87. The third-order valence-electron chi connectivity index (χ3n) is 3.87. The molecule has 2 rings (SSSR count). The van der Waals surface area contributed by atoms with Gasteiger partial charge in [-0.2, -0.15) is 5.10 Å². The van der Waals surface area contributed by atoms with Gasteiger partial charge in [0.25, 0.3) is 5.91 Å². The van der Waals surface area contributed by atoms with Crippen molar-refractivity contribution in [3.8, 4) is 5.69 Å². The number of carbonyl (C=O) groups is 2. The second-order valence-electron chi connectivity index (χ2n) is 7.07. The van der Waals surface area contributed by atoms with Crippen LogP contribution in [0.2, 0.25) is 0 Å². The third kappa shape index (κ3) is 4.47. The molecule has 1 heterocycles. The van der Waals surface area contributed by atoms with Crippen molar-refractivity contribution in [2.24, 2.45) is 0 Å². The number of benzene rings is 1. The summed E-state index contributed by atoms with van der Waals surface area (Å²) >= 11 is 0. The molecule has 0 fully saturated rings. The molecule has 1 aromatic heterocycles. The molecule has 134 valence electrons. The average Bonchev–Trinajstić information content (AvgIpc) is 3.01. The summed E-state index contributed by atoms with van der Waals surface area (Å²) in [5, 5.41) is 16.5. The quantitative estimate of drug-likeness (QED) is 0.844. The van der Waals surface area contributed by atoms with Crippen LogP contribution in [0.4, 0.5) is 0 Å². The Hall–Kier alpha value is -2.63. The van der Waals surface area contributed by atoms with E-state index < -0.39 is 17.9 Å². The highest BCUT2D eigenvalue weighted by Crippen LogP contribution is 2.25. The first-order chi connectivity index (χ1) is 11.7. The fraction of sp³-hybridized carbons (Fsp3) is 0.421. The first-order valence-electron chi connectivity index (χ1n) is 8.43. The number of carboxylic acid groups (broad SMARTS) is 1. The normalized spacial score (nSPS) is 12.6. The van der Waals surface area contributed by atoms with Crippen LogP contribution in [0.1, 0.15) is 56.6 Å². The van der Waals surface area contributed by atoms with E-state index in [9.17, 15) is 14.7 Å². The fourth-order valence-corrected chi connectivity index (χ4v) is 2.59. The summed E-state index contributed by atoms with van der Waals surface area (Å²) in [6, 6.07) is 8.61. The van der Waals surface area contributed by atoms with Gasteiger partial charge in [0.1, 0.15) is 6.04 Å². The maximum atomic E-state index is 12.7. The minimum Gasteiger partial charge on any atom is -0.480 e. The van der Waals surface area contributed by atoms with Gasteiger partial charge in [-0.15, -0.1) is 0 Å². The van der Waals surface area contributed by atoms with Crippen LogP contribution < -0.4 is 5.32 Å². The Bertz CT molecular complexity index is 745. The van der Waals surface area contributed by atoms with E-state index in [0.717, 1.165) is 5.69 Å². The number of nitrogens with zero attached hydrogens (tertiary/aromatic N) is 2. The zero-order valence-corrected chi connectivity index (χ0v) is 15.1. The number of carboxylic acids is 1. The maximum Gasteiger partial charge on any atom is 0.326 e. The van der Waals surface area contributed by atoms with Gasteiger partial charge in [-0.25, -0.2) is 9.48 Å². The van der Waals surface area contributed by atoms with E-state index in [4.69, 9.17) is 0 Å². The summed E-state index contributed by atoms with van der Waals surface area (Å²) in [4.78, 5) is 24.0. The molecule has 0 aliphatic heterocycles. The molecule has 2 N–H and O–H groups in total. The molecule has 0 radical (unpaired) electrons. The lowest BCUT2D eigenvalue weighted by molar-refractivity contribution is -0.139. The smallest absolute Gasteiger partial charge is 0.326 e. The van der Waals surface area contributed by atoms with Crippen LogP contribution in [0.5, 0.6) is 0 Å². The molecule has 0 spiro atoms. The zero-order valence-electron chi connectivity index (χ0n) is 15.1.